The monoisotopic (exact) mass is 224 g/mol. The van der Waals surface area contributed by atoms with Gasteiger partial charge in [-0.1, -0.05) is 19.9 Å². The molecule has 0 amide bonds. The van der Waals surface area contributed by atoms with E-state index >= 15 is 0 Å². The summed E-state index contributed by atoms with van der Waals surface area (Å²) in [4.78, 5) is 24.0. The molecule has 1 saturated heterocycles. The molecule has 80 valence electrons. The smallest absolute Gasteiger partial charge is 0.325 e. The summed E-state index contributed by atoms with van der Waals surface area (Å²) >= 11 is 1.50. The van der Waals surface area contributed by atoms with Crippen molar-refractivity contribution in [1.82, 2.24) is 0 Å². The largest absolute Gasteiger partial charge is 0.392 e. The van der Waals surface area contributed by atoms with Crippen LogP contribution in [0.25, 0.3) is 0 Å². The molecular formula is C11H12O3S. The van der Waals surface area contributed by atoms with Gasteiger partial charge in [-0.3, -0.25) is 9.59 Å². The van der Waals surface area contributed by atoms with Gasteiger partial charge in [-0.25, -0.2) is 0 Å². The number of carbonyl (C=O) groups is 2. The van der Waals surface area contributed by atoms with Gasteiger partial charge in [0.1, 0.15) is 5.41 Å². The Morgan fingerprint density at radius 1 is 1.47 bits per heavy atom. The third-order valence-corrected chi connectivity index (χ3v) is 3.99. The van der Waals surface area contributed by atoms with Crippen molar-refractivity contribution in [2.24, 2.45) is 5.92 Å². The summed E-state index contributed by atoms with van der Waals surface area (Å²) < 4.78 is 4.69. The molecule has 0 N–H and O–H groups in total. The fourth-order valence-electron chi connectivity index (χ4n) is 1.97. The summed E-state index contributed by atoms with van der Waals surface area (Å²) in [5, 5.41) is 1.91. The van der Waals surface area contributed by atoms with E-state index in [1.807, 2.05) is 31.4 Å². The predicted octanol–water partition coefficient (Wildman–Crippen LogP) is 2.12. The minimum absolute atomic E-state index is 0.0649. The quantitative estimate of drug-likeness (QED) is 0.571. The maximum absolute atomic E-state index is 11.8. The van der Waals surface area contributed by atoms with E-state index in [-0.39, 0.29) is 12.3 Å². The van der Waals surface area contributed by atoms with Gasteiger partial charge in [0.25, 0.3) is 0 Å². The molecule has 0 radical (unpaired) electrons. The molecule has 4 heteroatoms. The molecule has 0 bridgehead atoms. The molecule has 1 aromatic rings. The fourth-order valence-corrected chi connectivity index (χ4v) is 3.04. The molecule has 1 aliphatic rings. The van der Waals surface area contributed by atoms with Crippen LogP contribution in [0.4, 0.5) is 0 Å². The third-order valence-electron chi connectivity index (χ3n) is 2.94. The van der Waals surface area contributed by atoms with Crippen molar-refractivity contribution in [3.8, 4) is 0 Å². The lowest BCUT2D eigenvalue weighted by Gasteiger charge is -2.26. The predicted molar refractivity (Wildman–Crippen MR) is 56.6 cm³/mol. The van der Waals surface area contributed by atoms with Crippen molar-refractivity contribution in [3.63, 3.8) is 0 Å². The van der Waals surface area contributed by atoms with E-state index in [9.17, 15) is 9.59 Å². The molecule has 1 atom stereocenters. The highest BCUT2D eigenvalue weighted by Gasteiger charge is 2.53. The van der Waals surface area contributed by atoms with Crippen LogP contribution in [0, 0.1) is 5.92 Å². The SMILES string of the molecule is CC(C)C1(c2cccs2)CC(=O)OC1=O. The van der Waals surface area contributed by atoms with Crippen molar-refractivity contribution < 1.29 is 14.3 Å². The zero-order chi connectivity index (χ0) is 11.1. The first-order valence-corrected chi connectivity index (χ1v) is 5.74. The van der Waals surface area contributed by atoms with Crippen LogP contribution in [0.15, 0.2) is 17.5 Å². The Balaban J connectivity index is 2.51. The highest BCUT2D eigenvalue weighted by atomic mass is 32.1. The van der Waals surface area contributed by atoms with Crippen molar-refractivity contribution >= 4 is 23.3 Å². The fraction of sp³-hybridized carbons (Fsp3) is 0.455. The van der Waals surface area contributed by atoms with E-state index in [2.05, 4.69) is 0 Å². The lowest BCUT2D eigenvalue weighted by atomic mass is 9.75. The van der Waals surface area contributed by atoms with Gasteiger partial charge in [0.2, 0.25) is 0 Å². The zero-order valence-electron chi connectivity index (χ0n) is 8.65. The molecule has 1 fully saturated rings. The molecule has 15 heavy (non-hydrogen) atoms. The molecule has 0 aliphatic carbocycles. The number of hydrogen-bond donors (Lipinski definition) is 0. The number of carbonyl (C=O) groups excluding carboxylic acids is 2. The van der Waals surface area contributed by atoms with Gasteiger partial charge in [0, 0.05) is 4.88 Å². The van der Waals surface area contributed by atoms with Crippen LogP contribution in [0.5, 0.6) is 0 Å². The van der Waals surface area contributed by atoms with E-state index in [1.54, 1.807) is 0 Å². The van der Waals surface area contributed by atoms with Gasteiger partial charge < -0.3 is 4.74 Å². The molecule has 3 nitrogen and oxygen atoms in total. The van der Waals surface area contributed by atoms with Crippen molar-refractivity contribution in [3.05, 3.63) is 22.4 Å². The maximum Gasteiger partial charge on any atom is 0.325 e. The Morgan fingerprint density at radius 2 is 2.20 bits per heavy atom. The molecule has 0 aromatic carbocycles. The Hall–Kier alpha value is -1.16. The molecule has 1 unspecified atom stereocenters. The Labute approximate surface area is 92.1 Å². The van der Waals surface area contributed by atoms with E-state index in [1.165, 1.54) is 11.3 Å². The van der Waals surface area contributed by atoms with Crippen LogP contribution < -0.4 is 0 Å². The number of thiophene rings is 1. The Bertz CT molecular complexity index is 394. The van der Waals surface area contributed by atoms with E-state index < -0.39 is 17.4 Å². The summed E-state index contributed by atoms with van der Waals surface area (Å²) in [6.07, 6.45) is 0.171. The average molecular weight is 224 g/mol. The zero-order valence-corrected chi connectivity index (χ0v) is 9.47. The first-order chi connectivity index (χ1) is 7.07. The van der Waals surface area contributed by atoms with Gasteiger partial charge in [0.15, 0.2) is 0 Å². The third kappa shape index (κ3) is 1.40. The molecule has 2 heterocycles. The van der Waals surface area contributed by atoms with Crippen molar-refractivity contribution in [1.29, 1.82) is 0 Å². The summed E-state index contributed by atoms with van der Waals surface area (Å²) in [5.41, 5.74) is -0.745. The van der Waals surface area contributed by atoms with Crippen LogP contribution in [-0.2, 0) is 19.7 Å². The summed E-state index contributed by atoms with van der Waals surface area (Å²) in [7, 11) is 0. The van der Waals surface area contributed by atoms with Crippen LogP contribution >= 0.6 is 11.3 Å². The topological polar surface area (TPSA) is 43.4 Å². The number of ether oxygens (including phenoxy) is 1. The second kappa shape index (κ2) is 3.45. The minimum atomic E-state index is -0.745. The second-order valence-corrected chi connectivity index (χ2v) is 4.99. The molecule has 0 spiro atoms. The van der Waals surface area contributed by atoms with Crippen LogP contribution in [0.1, 0.15) is 25.1 Å². The normalized spacial score (nSPS) is 26.1. The summed E-state index contributed by atoms with van der Waals surface area (Å²) in [6, 6.07) is 3.78. The minimum Gasteiger partial charge on any atom is -0.392 e. The number of esters is 2. The van der Waals surface area contributed by atoms with Gasteiger partial charge in [-0.15, -0.1) is 11.3 Å². The van der Waals surface area contributed by atoms with Crippen molar-refractivity contribution in [2.45, 2.75) is 25.7 Å². The van der Waals surface area contributed by atoms with Crippen LogP contribution in [-0.4, -0.2) is 11.9 Å². The first-order valence-electron chi connectivity index (χ1n) is 4.86. The molecular weight excluding hydrogens is 212 g/mol. The average Bonchev–Trinajstić information content (AvgIpc) is 2.72. The number of hydrogen-bond acceptors (Lipinski definition) is 4. The second-order valence-electron chi connectivity index (χ2n) is 4.04. The highest BCUT2D eigenvalue weighted by Crippen LogP contribution is 2.43. The maximum atomic E-state index is 11.8. The summed E-state index contributed by atoms with van der Waals surface area (Å²) in [5.74, 6) is -0.748. The molecule has 1 aromatic heterocycles. The van der Waals surface area contributed by atoms with E-state index in [4.69, 9.17) is 4.74 Å². The highest BCUT2D eigenvalue weighted by molar-refractivity contribution is 7.10. The van der Waals surface area contributed by atoms with E-state index in [0.29, 0.717) is 0 Å². The standard InChI is InChI=1S/C11H12O3S/c1-7(2)11(8-4-3-5-15-8)6-9(12)14-10(11)13/h3-5,7H,6H2,1-2H3. The Morgan fingerprint density at radius 3 is 2.60 bits per heavy atom. The van der Waals surface area contributed by atoms with E-state index in [0.717, 1.165) is 4.88 Å². The lowest BCUT2D eigenvalue weighted by Crippen LogP contribution is -2.36. The van der Waals surface area contributed by atoms with Gasteiger partial charge in [-0.2, -0.15) is 0 Å². The van der Waals surface area contributed by atoms with Crippen LogP contribution in [0.3, 0.4) is 0 Å². The van der Waals surface area contributed by atoms with Gasteiger partial charge >= 0.3 is 11.9 Å². The van der Waals surface area contributed by atoms with Gasteiger partial charge in [-0.05, 0) is 17.4 Å². The Kier molecular flexibility index (Phi) is 2.38. The molecule has 0 saturated carbocycles. The molecule has 2 rings (SSSR count). The van der Waals surface area contributed by atoms with Gasteiger partial charge in [0.05, 0.1) is 6.42 Å². The van der Waals surface area contributed by atoms with Crippen molar-refractivity contribution in [2.75, 3.05) is 0 Å². The molecule has 1 aliphatic heterocycles. The lowest BCUT2D eigenvalue weighted by molar-refractivity contribution is -0.154. The number of cyclic esters (lactones) is 2. The first kappa shape index (κ1) is 10.4. The number of rotatable bonds is 2. The van der Waals surface area contributed by atoms with Crippen LogP contribution in [0.2, 0.25) is 0 Å². The summed E-state index contributed by atoms with van der Waals surface area (Å²) in [6.45, 7) is 3.89.